The molecule has 3 unspecified atom stereocenters. The number of fused-ring (bicyclic) bond motifs is 3. The molecule has 0 saturated heterocycles. The van der Waals surface area contributed by atoms with Gasteiger partial charge >= 0.3 is 0 Å². The number of rotatable bonds is 7. The molecule has 5 rings (SSSR count). The Kier molecular flexibility index (Phi) is 11.6. The molecule has 3 heterocycles. The maximum absolute atomic E-state index is 9.36. The summed E-state index contributed by atoms with van der Waals surface area (Å²) in [6.07, 6.45) is 21.4. The Bertz CT molecular complexity index is 1200. The molecule has 3 aromatic heterocycles. The molecule has 38 heavy (non-hydrogen) atoms. The average Bonchev–Trinajstić information content (AvgIpc) is 3.52. The van der Waals surface area contributed by atoms with Gasteiger partial charge in [-0.25, -0.2) is 9.97 Å². The molecule has 0 radical (unpaired) electrons. The minimum absolute atomic E-state index is 0.179. The molecule has 0 aromatic carbocycles. The zero-order valence-corrected chi connectivity index (χ0v) is 23.5. The number of H-pyrrole nitrogens is 2. The monoisotopic (exact) mass is 518 g/mol. The van der Waals surface area contributed by atoms with Crippen molar-refractivity contribution in [1.29, 1.82) is 5.26 Å². The lowest BCUT2D eigenvalue weighted by Crippen LogP contribution is -2.33. The summed E-state index contributed by atoms with van der Waals surface area (Å²) in [6.45, 7) is 8.95. The average molecular weight is 519 g/mol. The lowest BCUT2D eigenvalue weighted by molar-refractivity contribution is 0.145. The van der Waals surface area contributed by atoms with Crippen LogP contribution in [0.2, 0.25) is 0 Å². The molecule has 206 valence electrons. The van der Waals surface area contributed by atoms with Gasteiger partial charge in [-0.15, -0.1) is 6.58 Å². The number of hydrogen-bond donors (Lipinski definition) is 4. The summed E-state index contributed by atoms with van der Waals surface area (Å²) >= 11 is 0. The van der Waals surface area contributed by atoms with Gasteiger partial charge in [-0.05, 0) is 69.4 Å². The van der Waals surface area contributed by atoms with Crippen LogP contribution in [0.15, 0.2) is 43.3 Å². The van der Waals surface area contributed by atoms with E-state index in [1.165, 1.54) is 38.5 Å². The van der Waals surface area contributed by atoms with Crippen molar-refractivity contribution in [2.45, 2.75) is 84.2 Å². The molecule has 2 aliphatic rings. The van der Waals surface area contributed by atoms with Crippen LogP contribution in [0, 0.1) is 28.6 Å². The molecule has 1 saturated carbocycles. The van der Waals surface area contributed by atoms with E-state index >= 15 is 0 Å². The summed E-state index contributed by atoms with van der Waals surface area (Å²) in [4.78, 5) is 15.1. The van der Waals surface area contributed by atoms with Crippen LogP contribution in [0.5, 0.6) is 0 Å². The molecule has 0 aliphatic heterocycles. The summed E-state index contributed by atoms with van der Waals surface area (Å²) in [5.74, 6) is 2.22. The van der Waals surface area contributed by atoms with Gasteiger partial charge in [-0.2, -0.15) is 5.26 Å². The second kappa shape index (κ2) is 14.8. The molecule has 3 atom stereocenters. The zero-order chi connectivity index (χ0) is 27.4. The van der Waals surface area contributed by atoms with Crippen LogP contribution in [0.25, 0.3) is 22.1 Å². The molecular weight excluding hydrogens is 472 g/mol. The van der Waals surface area contributed by atoms with Gasteiger partial charge in [0.05, 0.1) is 23.9 Å². The maximum Gasteiger partial charge on any atom is 0.139 e. The van der Waals surface area contributed by atoms with E-state index in [9.17, 15) is 5.11 Å². The Balaban J connectivity index is 0.000000163. The molecule has 2 aliphatic carbocycles. The van der Waals surface area contributed by atoms with Gasteiger partial charge in [-0.1, -0.05) is 44.4 Å². The molecule has 0 bridgehead atoms. The highest BCUT2D eigenvalue weighted by Crippen LogP contribution is 2.36. The molecule has 0 amide bonds. The standard InChI is InChI=1S/C12H23NO.C11H10N4.C8H13N/c1-10(14)7-11-5-4-6-12(2,8-11)9-13-3;1-2-3-9-14-8-6-13-11-7(4-5-12-11)10(8)15-9;9-7-6-8-4-2-1-3-5-8/h4-5,10-11,13-14H,6-9H2,1-3H3;2,4-6H,1,3H2,(H,12,13)(H,14,15);8H,1-6H2. The Hall–Kier alpha value is -2.95. The van der Waals surface area contributed by atoms with Crippen LogP contribution < -0.4 is 5.32 Å². The van der Waals surface area contributed by atoms with Gasteiger partial charge < -0.3 is 20.4 Å². The Morgan fingerprint density at radius 2 is 2.13 bits per heavy atom. The minimum atomic E-state index is -0.179. The summed E-state index contributed by atoms with van der Waals surface area (Å²) in [5.41, 5.74) is 3.19. The Morgan fingerprint density at radius 3 is 2.82 bits per heavy atom. The molecule has 3 aromatic rings. The first-order valence-electron chi connectivity index (χ1n) is 14.1. The summed E-state index contributed by atoms with van der Waals surface area (Å²) < 4.78 is 0. The van der Waals surface area contributed by atoms with Crippen molar-refractivity contribution in [3.8, 4) is 6.07 Å². The third-order valence-electron chi connectivity index (χ3n) is 7.55. The van der Waals surface area contributed by atoms with Crippen LogP contribution >= 0.6 is 0 Å². The molecule has 0 spiro atoms. The lowest BCUT2D eigenvalue weighted by atomic mass is 9.73. The maximum atomic E-state index is 9.36. The van der Waals surface area contributed by atoms with E-state index in [1.807, 2.05) is 32.3 Å². The molecular formula is C31H46N6O. The van der Waals surface area contributed by atoms with Crippen molar-refractivity contribution < 1.29 is 5.11 Å². The van der Waals surface area contributed by atoms with Gasteiger partial charge in [-0.3, -0.25) is 0 Å². The number of hydrogen-bond acceptors (Lipinski definition) is 5. The smallest absolute Gasteiger partial charge is 0.139 e. The highest BCUT2D eigenvalue weighted by Gasteiger charge is 2.29. The van der Waals surface area contributed by atoms with E-state index in [0.29, 0.717) is 11.3 Å². The SMILES string of the molecule is C=CCc1nc2c(cnc3[nH]ccc32)[nH]1.CNCC1(C)CC=CC(CC(C)O)C1.N#CCC1CCCCC1. The predicted molar refractivity (Wildman–Crippen MR) is 157 cm³/mol. The fourth-order valence-corrected chi connectivity index (χ4v) is 5.78. The fourth-order valence-electron chi connectivity index (χ4n) is 5.78. The van der Waals surface area contributed by atoms with Crippen molar-refractivity contribution in [2.24, 2.45) is 17.3 Å². The van der Waals surface area contributed by atoms with E-state index in [4.69, 9.17) is 5.26 Å². The number of aliphatic hydroxyl groups excluding tert-OH is 1. The van der Waals surface area contributed by atoms with Crippen LogP contribution in [-0.2, 0) is 6.42 Å². The number of allylic oxidation sites excluding steroid dienone is 3. The summed E-state index contributed by atoms with van der Waals surface area (Å²) in [7, 11) is 2.01. The van der Waals surface area contributed by atoms with Crippen molar-refractivity contribution in [2.75, 3.05) is 13.6 Å². The largest absolute Gasteiger partial charge is 0.393 e. The number of imidazole rings is 1. The first kappa shape index (κ1) is 29.6. The van der Waals surface area contributed by atoms with E-state index in [1.54, 1.807) is 6.20 Å². The minimum Gasteiger partial charge on any atom is -0.393 e. The first-order chi connectivity index (χ1) is 18.4. The number of nitrogens with one attached hydrogen (secondary N) is 3. The van der Waals surface area contributed by atoms with Crippen molar-refractivity contribution in [3.05, 3.63) is 49.1 Å². The van der Waals surface area contributed by atoms with E-state index in [2.05, 4.69) is 57.0 Å². The second-order valence-electron chi connectivity index (χ2n) is 11.3. The highest BCUT2D eigenvalue weighted by atomic mass is 16.3. The van der Waals surface area contributed by atoms with Crippen molar-refractivity contribution in [1.82, 2.24) is 25.3 Å². The van der Waals surface area contributed by atoms with E-state index in [-0.39, 0.29) is 6.10 Å². The number of pyridine rings is 1. The summed E-state index contributed by atoms with van der Waals surface area (Å²) in [6, 6.07) is 4.23. The van der Waals surface area contributed by atoms with Crippen LogP contribution in [-0.4, -0.2) is 44.7 Å². The molecule has 1 fully saturated rings. The lowest BCUT2D eigenvalue weighted by Gasteiger charge is -2.35. The third-order valence-corrected chi connectivity index (χ3v) is 7.55. The van der Waals surface area contributed by atoms with E-state index in [0.717, 1.165) is 66.0 Å². The Morgan fingerprint density at radius 1 is 1.34 bits per heavy atom. The van der Waals surface area contributed by atoms with E-state index < -0.39 is 0 Å². The van der Waals surface area contributed by atoms with Crippen LogP contribution in [0.3, 0.4) is 0 Å². The fraction of sp³-hybridized carbons (Fsp3) is 0.581. The first-order valence-corrected chi connectivity index (χ1v) is 14.1. The van der Waals surface area contributed by atoms with Gasteiger partial charge in [0.25, 0.3) is 0 Å². The second-order valence-corrected chi connectivity index (χ2v) is 11.3. The van der Waals surface area contributed by atoms with Crippen LogP contribution in [0.4, 0.5) is 0 Å². The van der Waals surface area contributed by atoms with Gasteiger partial charge in [0.1, 0.15) is 17.0 Å². The van der Waals surface area contributed by atoms with Gasteiger partial charge in [0, 0.05) is 31.0 Å². The topological polar surface area (TPSA) is 113 Å². The zero-order valence-electron chi connectivity index (χ0n) is 23.5. The van der Waals surface area contributed by atoms with Gasteiger partial charge in [0.15, 0.2) is 0 Å². The molecule has 7 heteroatoms. The molecule has 7 nitrogen and oxygen atoms in total. The van der Waals surface area contributed by atoms with Crippen molar-refractivity contribution in [3.63, 3.8) is 0 Å². The number of nitriles is 1. The number of aromatic amines is 2. The van der Waals surface area contributed by atoms with Gasteiger partial charge in [0.2, 0.25) is 0 Å². The quantitative estimate of drug-likeness (QED) is 0.263. The number of aromatic nitrogens is 4. The predicted octanol–water partition coefficient (Wildman–Crippen LogP) is 6.60. The number of nitrogens with zero attached hydrogens (tertiary/aromatic N) is 3. The third kappa shape index (κ3) is 8.82. The summed E-state index contributed by atoms with van der Waals surface area (Å²) in [5, 5.41) is 22.0. The normalized spacial score (nSPS) is 22.1. The molecule has 4 N–H and O–H groups in total. The van der Waals surface area contributed by atoms with Crippen molar-refractivity contribution >= 4 is 22.1 Å². The number of aliphatic hydroxyl groups is 1. The Labute approximate surface area is 227 Å². The highest BCUT2D eigenvalue weighted by molar-refractivity contribution is 6.00. The van der Waals surface area contributed by atoms with Crippen LogP contribution in [0.1, 0.15) is 77.5 Å².